The highest BCUT2D eigenvalue weighted by atomic mass is 79.9. The Balaban J connectivity index is 3.03. The van der Waals surface area contributed by atoms with Crippen LogP contribution in [0.3, 0.4) is 0 Å². The molecule has 2 nitrogen and oxygen atoms in total. The number of benzene rings is 1. The molecule has 0 atom stereocenters. The van der Waals surface area contributed by atoms with Gasteiger partial charge in [-0.05, 0) is 31.0 Å². The molecule has 0 saturated carbocycles. The number of nitrogens with zero attached hydrogens (tertiary/aromatic N) is 2. The summed E-state index contributed by atoms with van der Waals surface area (Å²) in [6, 6.07) is 8.54. The molecule has 0 bridgehead atoms. The van der Waals surface area contributed by atoms with Gasteiger partial charge in [-0.1, -0.05) is 29.8 Å². The molecular formula is C13H17BrN2. The maximum atomic E-state index is 8.93. The third-order valence-electron chi connectivity index (χ3n) is 2.91. The molecule has 0 aliphatic heterocycles. The first-order valence-corrected chi connectivity index (χ1v) is 6.35. The minimum absolute atomic E-state index is 0.529. The van der Waals surface area contributed by atoms with Crippen molar-refractivity contribution in [3.05, 3.63) is 28.2 Å². The second kappa shape index (κ2) is 5.91. The van der Waals surface area contributed by atoms with Crippen LogP contribution in [0.15, 0.2) is 22.7 Å². The monoisotopic (exact) mass is 280 g/mol. The highest BCUT2D eigenvalue weighted by molar-refractivity contribution is 9.10. The molecule has 0 saturated heterocycles. The van der Waals surface area contributed by atoms with E-state index in [2.05, 4.69) is 53.9 Å². The van der Waals surface area contributed by atoms with Crippen LogP contribution in [0, 0.1) is 11.3 Å². The van der Waals surface area contributed by atoms with Crippen LogP contribution in [0.2, 0.25) is 0 Å². The van der Waals surface area contributed by atoms with Gasteiger partial charge in [0.15, 0.2) is 0 Å². The highest BCUT2D eigenvalue weighted by Gasteiger charge is 2.12. The Hall–Kier alpha value is -1.01. The van der Waals surface area contributed by atoms with Gasteiger partial charge in [0, 0.05) is 23.2 Å². The Morgan fingerprint density at radius 2 is 1.94 bits per heavy atom. The van der Waals surface area contributed by atoms with Crippen molar-refractivity contribution in [3.63, 3.8) is 0 Å². The Kier molecular flexibility index (Phi) is 4.82. The number of nitriles is 1. The number of anilines is 1. The Bertz CT molecular complexity index is 391. The van der Waals surface area contributed by atoms with Crippen LogP contribution < -0.4 is 4.90 Å². The van der Waals surface area contributed by atoms with Gasteiger partial charge in [-0.2, -0.15) is 5.26 Å². The smallest absolute Gasteiger partial charge is 0.0992 e. The summed E-state index contributed by atoms with van der Waals surface area (Å²) >= 11 is 3.44. The summed E-state index contributed by atoms with van der Waals surface area (Å²) in [7, 11) is 2.08. The average Bonchev–Trinajstić information content (AvgIpc) is 2.29. The van der Waals surface area contributed by atoms with Gasteiger partial charge in [0.2, 0.25) is 0 Å². The third-order valence-corrected chi connectivity index (χ3v) is 3.37. The summed E-state index contributed by atoms with van der Waals surface area (Å²) in [5, 5.41) is 8.93. The fraction of sp³-hybridized carbons (Fsp3) is 0.462. The van der Waals surface area contributed by atoms with Crippen LogP contribution >= 0.6 is 15.9 Å². The number of rotatable bonds is 4. The Labute approximate surface area is 106 Å². The van der Waals surface area contributed by atoms with E-state index in [1.807, 2.05) is 12.1 Å². The average molecular weight is 281 g/mol. The minimum Gasteiger partial charge on any atom is -0.372 e. The number of hydrogen-bond donors (Lipinski definition) is 0. The normalized spacial score (nSPS) is 10.2. The van der Waals surface area contributed by atoms with E-state index in [4.69, 9.17) is 5.26 Å². The van der Waals surface area contributed by atoms with Crippen molar-refractivity contribution >= 4 is 21.6 Å². The second-order valence-corrected chi connectivity index (χ2v) is 4.81. The van der Waals surface area contributed by atoms with Crippen molar-refractivity contribution in [2.24, 2.45) is 0 Å². The summed E-state index contributed by atoms with van der Waals surface area (Å²) < 4.78 is 0.958. The van der Waals surface area contributed by atoms with E-state index in [0.29, 0.717) is 11.6 Å². The summed E-state index contributed by atoms with van der Waals surface area (Å²) in [6.07, 6.45) is 2.23. The zero-order chi connectivity index (χ0) is 12.1. The molecule has 1 aromatic carbocycles. The fourth-order valence-corrected chi connectivity index (χ4v) is 2.37. The lowest BCUT2D eigenvalue weighted by atomic mass is 10.1. The van der Waals surface area contributed by atoms with Crippen molar-refractivity contribution in [1.29, 1.82) is 5.26 Å². The van der Waals surface area contributed by atoms with E-state index in [1.165, 1.54) is 0 Å². The molecule has 3 heteroatoms. The van der Waals surface area contributed by atoms with Crippen molar-refractivity contribution in [1.82, 2.24) is 0 Å². The van der Waals surface area contributed by atoms with E-state index in [-0.39, 0.29) is 0 Å². The largest absolute Gasteiger partial charge is 0.372 e. The van der Waals surface area contributed by atoms with Crippen LogP contribution in [0.4, 0.5) is 5.69 Å². The minimum atomic E-state index is 0.529. The molecule has 0 aromatic heterocycles. The first-order chi connectivity index (χ1) is 7.62. The zero-order valence-electron chi connectivity index (χ0n) is 10.00. The predicted molar refractivity (Wildman–Crippen MR) is 71.6 cm³/mol. The van der Waals surface area contributed by atoms with E-state index in [9.17, 15) is 0 Å². The van der Waals surface area contributed by atoms with E-state index >= 15 is 0 Å². The van der Waals surface area contributed by atoms with Gasteiger partial charge in [0.25, 0.3) is 0 Å². The number of halogens is 1. The van der Waals surface area contributed by atoms with Gasteiger partial charge >= 0.3 is 0 Å². The maximum absolute atomic E-state index is 8.93. The lowest BCUT2D eigenvalue weighted by Gasteiger charge is -2.28. The van der Waals surface area contributed by atoms with Crippen LogP contribution in [0.5, 0.6) is 0 Å². The molecule has 0 fully saturated rings. The van der Waals surface area contributed by atoms with Gasteiger partial charge in [-0.3, -0.25) is 0 Å². The molecular weight excluding hydrogens is 264 g/mol. The van der Waals surface area contributed by atoms with E-state index < -0.39 is 0 Å². The molecule has 0 spiro atoms. The summed E-state index contributed by atoms with van der Waals surface area (Å²) in [4.78, 5) is 2.24. The quantitative estimate of drug-likeness (QED) is 0.835. The van der Waals surface area contributed by atoms with Crippen molar-refractivity contribution in [2.45, 2.75) is 32.7 Å². The van der Waals surface area contributed by atoms with Crippen LogP contribution in [-0.2, 0) is 0 Å². The molecule has 0 unspecified atom stereocenters. The topological polar surface area (TPSA) is 27.0 Å². The van der Waals surface area contributed by atoms with Crippen LogP contribution in [0.1, 0.15) is 32.3 Å². The summed E-state index contributed by atoms with van der Waals surface area (Å²) in [5.41, 5.74) is 1.79. The first-order valence-electron chi connectivity index (χ1n) is 5.55. The molecule has 0 radical (unpaired) electrons. The Morgan fingerprint density at radius 1 is 1.31 bits per heavy atom. The zero-order valence-corrected chi connectivity index (χ0v) is 11.6. The molecule has 16 heavy (non-hydrogen) atoms. The van der Waals surface area contributed by atoms with E-state index in [0.717, 1.165) is 23.0 Å². The fourth-order valence-electron chi connectivity index (χ4n) is 1.89. The van der Waals surface area contributed by atoms with Crippen molar-refractivity contribution < 1.29 is 0 Å². The molecule has 0 aliphatic rings. The second-order valence-electron chi connectivity index (χ2n) is 3.89. The standard InChI is InChI=1S/C13H17BrN2/c1-4-12(5-2)16(3)13-7-10(9-15)6-11(14)8-13/h6-8,12H,4-5H2,1-3H3. The summed E-state index contributed by atoms with van der Waals surface area (Å²) in [5.74, 6) is 0. The van der Waals surface area contributed by atoms with Gasteiger partial charge in [-0.15, -0.1) is 0 Å². The van der Waals surface area contributed by atoms with Crippen molar-refractivity contribution in [2.75, 3.05) is 11.9 Å². The third kappa shape index (κ3) is 2.99. The van der Waals surface area contributed by atoms with Gasteiger partial charge in [0.05, 0.1) is 11.6 Å². The van der Waals surface area contributed by atoms with Crippen LogP contribution in [0.25, 0.3) is 0 Å². The SMILES string of the molecule is CCC(CC)N(C)c1cc(Br)cc(C#N)c1. The van der Waals surface area contributed by atoms with Gasteiger partial charge in [0.1, 0.15) is 0 Å². The van der Waals surface area contributed by atoms with Crippen molar-refractivity contribution in [3.8, 4) is 6.07 Å². The lowest BCUT2D eigenvalue weighted by Crippen LogP contribution is -2.30. The molecule has 0 N–H and O–H groups in total. The Morgan fingerprint density at radius 3 is 2.44 bits per heavy atom. The van der Waals surface area contributed by atoms with E-state index in [1.54, 1.807) is 0 Å². The molecule has 0 heterocycles. The lowest BCUT2D eigenvalue weighted by molar-refractivity contribution is 0.591. The highest BCUT2D eigenvalue weighted by Crippen LogP contribution is 2.24. The molecule has 1 rings (SSSR count). The maximum Gasteiger partial charge on any atom is 0.0992 e. The number of hydrogen-bond acceptors (Lipinski definition) is 2. The summed E-state index contributed by atoms with van der Waals surface area (Å²) in [6.45, 7) is 4.38. The molecule has 86 valence electrons. The molecule has 0 aliphatic carbocycles. The molecule has 0 amide bonds. The van der Waals surface area contributed by atoms with Gasteiger partial charge < -0.3 is 4.90 Å². The van der Waals surface area contributed by atoms with Gasteiger partial charge in [-0.25, -0.2) is 0 Å². The van der Waals surface area contributed by atoms with Crippen LogP contribution in [-0.4, -0.2) is 13.1 Å². The molecule has 1 aromatic rings. The predicted octanol–water partition coefficient (Wildman–Crippen LogP) is 3.95. The first kappa shape index (κ1) is 13.1.